The van der Waals surface area contributed by atoms with Crippen LogP contribution in [0.25, 0.3) is 0 Å². The summed E-state index contributed by atoms with van der Waals surface area (Å²) in [6.07, 6.45) is 0. The van der Waals surface area contributed by atoms with Crippen molar-refractivity contribution in [1.82, 2.24) is 10.6 Å². The van der Waals surface area contributed by atoms with Crippen LogP contribution in [0.1, 0.15) is 13.8 Å². The Labute approximate surface area is 72.9 Å². The van der Waals surface area contributed by atoms with Gasteiger partial charge in [-0.1, -0.05) is 13.8 Å². The van der Waals surface area contributed by atoms with Crippen molar-refractivity contribution in [2.75, 3.05) is 13.1 Å². The molecule has 0 aromatic rings. The highest BCUT2D eigenvalue weighted by Gasteiger charge is 2.53. The Bertz CT molecular complexity index is 193. The molecule has 2 aliphatic rings. The average molecular weight is 168 g/mol. The van der Waals surface area contributed by atoms with Crippen molar-refractivity contribution in [2.45, 2.75) is 19.9 Å². The molecule has 3 atom stereocenters. The smallest absolute Gasteiger partial charge is 0.222 e. The highest BCUT2D eigenvalue weighted by atomic mass is 16.1. The summed E-state index contributed by atoms with van der Waals surface area (Å²) in [4.78, 5) is 11.3. The molecule has 1 heterocycles. The van der Waals surface area contributed by atoms with Gasteiger partial charge in [0.15, 0.2) is 0 Å². The van der Waals surface area contributed by atoms with Crippen LogP contribution in [-0.4, -0.2) is 25.0 Å². The summed E-state index contributed by atoms with van der Waals surface area (Å²) in [6.45, 7) is 6.05. The van der Waals surface area contributed by atoms with Gasteiger partial charge in [0, 0.05) is 25.0 Å². The summed E-state index contributed by atoms with van der Waals surface area (Å²) in [5.74, 6) is 1.79. The summed E-state index contributed by atoms with van der Waals surface area (Å²) in [5.41, 5.74) is 0. The first kappa shape index (κ1) is 8.05. The number of fused-ring (bicyclic) bond motifs is 1. The van der Waals surface area contributed by atoms with Gasteiger partial charge in [0.1, 0.15) is 0 Å². The fourth-order valence-corrected chi connectivity index (χ4v) is 1.96. The number of carbonyl (C=O) groups excluding carboxylic acids is 1. The van der Waals surface area contributed by atoms with Crippen molar-refractivity contribution in [3.05, 3.63) is 0 Å². The first-order valence-corrected chi connectivity index (χ1v) is 4.71. The molecule has 68 valence electrons. The van der Waals surface area contributed by atoms with Crippen LogP contribution in [0.5, 0.6) is 0 Å². The molecule has 0 unspecified atom stereocenters. The molecule has 12 heavy (non-hydrogen) atoms. The molecule has 1 saturated carbocycles. The van der Waals surface area contributed by atoms with E-state index in [0.717, 1.165) is 24.9 Å². The van der Waals surface area contributed by atoms with Gasteiger partial charge < -0.3 is 10.6 Å². The number of hydrogen-bond donors (Lipinski definition) is 2. The molecule has 0 spiro atoms. The highest BCUT2D eigenvalue weighted by Crippen LogP contribution is 2.41. The first-order valence-electron chi connectivity index (χ1n) is 4.71. The average Bonchev–Trinajstić information content (AvgIpc) is 2.46. The molecule has 0 aromatic heterocycles. The summed E-state index contributed by atoms with van der Waals surface area (Å²) in [6, 6.07) is 0.487. The molecule has 2 N–H and O–H groups in total. The second-order valence-electron chi connectivity index (χ2n) is 4.18. The third-order valence-corrected chi connectivity index (χ3v) is 2.92. The van der Waals surface area contributed by atoms with E-state index in [0.29, 0.717) is 6.04 Å². The van der Waals surface area contributed by atoms with Crippen molar-refractivity contribution in [3.63, 3.8) is 0 Å². The SMILES string of the molecule is CC(C)C(=O)N[C@H]1[C@@H]2CNC[C@@H]21. The molecule has 1 aliphatic heterocycles. The van der Waals surface area contributed by atoms with Gasteiger partial charge in [-0.25, -0.2) is 0 Å². The maximum Gasteiger partial charge on any atom is 0.222 e. The molecule has 1 saturated heterocycles. The van der Waals surface area contributed by atoms with Crippen molar-refractivity contribution in [2.24, 2.45) is 17.8 Å². The number of carbonyl (C=O) groups is 1. The second kappa shape index (κ2) is 2.73. The predicted octanol–water partition coefficient (Wildman–Crippen LogP) is -0.0236. The molecular weight excluding hydrogens is 152 g/mol. The number of hydrogen-bond acceptors (Lipinski definition) is 2. The van der Waals surface area contributed by atoms with E-state index in [4.69, 9.17) is 0 Å². The topological polar surface area (TPSA) is 41.1 Å². The van der Waals surface area contributed by atoms with E-state index in [9.17, 15) is 4.79 Å². The zero-order valence-corrected chi connectivity index (χ0v) is 7.63. The van der Waals surface area contributed by atoms with Crippen molar-refractivity contribution >= 4 is 5.91 Å². The maximum atomic E-state index is 11.3. The van der Waals surface area contributed by atoms with Crippen LogP contribution in [0.4, 0.5) is 0 Å². The Morgan fingerprint density at radius 2 is 2.00 bits per heavy atom. The quantitative estimate of drug-likeness (QED) is 0.608. The monoisotopic (exact) mass is 168 g/mol. The summed E-state index contributed by atoms with van der Waals surface area (Å²) in [5, 5.41) is 6.38. The molecule has 1 aliphatic carbocycles. The maximum absolute atomic E-state index is 11.3. The Balaban J connectivity index is 1.79. The second-order valence-corrected chi connectivity index (χ2v) is 4.18. The fraction of sp³-hybridized carbons (Fsp3) is 0.889. The van der Waals surface area contributed by atoms with Crippen LogP contribution < -0.4 is 10.6 Å². The lowest BCUT2D eigenvalue weighted by molar-refractivity contribution is -0.124. The van der Waals surface area contributed by atoms with Gasteiger partial charge in [0.25, 0.3) is 0 Å². The normalized spacial score (nSPS) is 38.1. The van der Waals surface area contributed by atoms with E-state index in [1.54, 1.807) is 0 Å². The number of nitrogens with one attached hydrogen (secondary N) is 2. The van der Waals surface area contributed by atoms with Gasteiger partial charge in [-0.05, 0) is 11.8 Å². The third kappa shape index (κ3) is 1.22. The molecule has 0 aromatic carbocycles. The van der Waals surface area contributed by atoms with E-state index >= 15 is 0 Å². The minimum Gasteiger partial charge on any atom is -0.352 e. The third-order valence-electron chi connectivity index (χ3n) is 2.92. The number of amides is 1. The molecule has 3 nitrogen and oxygen atoms in total. The minimum absolute atomic E-state index is 0.124. The van der Waals surface area contributed by atoms with E-state index < -0.39 is 0 Å². The number of rotatable bonds is 2. The van der Waals surface area contributed by atoms with Gasteiger partial charge in [0.05, 0.1) is 0 Å². The van der Waals surface area contributed by atoms with Crippen LogP contribution in [0.3, 0.4) is 0 Å². The molecule has 3 heteroatoms. The van der Waals surface area contributed by atoms with E-state index in [1.165, 1.54) is 0 Å². The predicted molar refractivity (Wildman–Crippen MR) is 46.6 cm³/mol. The Morgan fingerprint density at radius 1 is 1.42 bits per heavy atom. The molecule has 0 radical (unpaired) electrons. The number of piperidine rings is 1. The summed E-state index contributed by atoms with van der Waals surface area (Å²) in [7, 11) is 0. The standard InChI is InChI=1S/C9H16N2O/c1-5(2)9(12)11-8-6-3-10-4-7(6)8/h5-8,10H,3-4H2,1-2H3,(H,11,12)/t6-,7+,8+. The van der Waals surface area contributed by atoms with Crippen LogP contribution in [0, 0.1) is 17.8 Å². The lowest BCUT2D eigenvalue weighted by atomic mass is 10.2. The Hall–Kier alpha value is -0.570. The highest BCUT2D eigenvalue weighted by molar-refractivity contribution is 5.78. The molecule has 2 fully saturated rings. The lowest BCUT2D eigenvalue weighted by Gasteiger charge is -2.09. The largest absolute Gasteiger partial charge is 0.352 e. The van der Waals surface area contributed by atoms with Gasteiger partial charge in [-0.2, -0.15) is 0 Å². The minimum atomic E-state index is 0.124. The summed E-state index contributed by atoms with van der Waals surface area (Å²) < 4.78 is 0. The lowest BCUT2D eigenvalue weighted by Crippen LogP contribution is -2.34. The first-order chi connectivity index (χ1) is 5.70. The van der Waals surface area contributed by atoms with Gasteiger partial charge >= 0.3 is 0 Å². The van der Waals surface area contributed by atoms with Crippen molar-refractivity contribution in [1.29, 1.82) is 0 Å². The fourth-order valence-electron chi connectivity index (χ4n) is 1.96. The summed E-state index contributed by atoms with van der Waals surface area (Å²) >= 11 is 0. The van der Waals surface area contributed by atoms with E-state index in [-0.39, 0.29) is 11.8 Å². The van der Waals surface area contributed by atoms with Gasteiger partial charge in [0.2, 0.25) is 5.91 Å². The molecule has 0 bridgehead atoms. The van der Waals surface area contributed by atoms with Gasteiger partial charge in [-0.15, -0.1) is 0 Å². The Kier molecular flexibility index (Phi) is 1.83. The molecule has 1 amide bonds. The Morgan fingerprint density at radius 3 is 2.50 bits per heavy atom. The zero-order valence-electron chi connectivity index (χ0n) is 7.63. The van der Waals surface area contributed by atoms with Crippen LogP contribution in [0.2, 0.25) is 0 Å². The van der Waals surface area contributed by atoms with Crippen LogP contribution >= 0.6 is 0 Å². The molecule has 2 rings (SSSR count). The van der Waals surface area contributed by atoms with Gasteiger partial charge in [-0.3, -0.25) is 4.79 Å². The molecular formula is C9H16N2O. The van der Waals surface area contributed by atoms with E-state index in [2.05, 4.69) is 10.6 Å². The van der Waals surface area contributed by atoms with Crippen molar-refractivity contribution in [3.8, 4) is 0 Å². The van der Waals surface area contributed by atoms with Crippen LogP contribution in [0.15, 0.2) is 0 Å². The van der Waals surface area contributed by atoms with Crippen LogP contribution in [-0.2, 0) is 4.79 Å². The van der Waals surface area contributed by atoms with E-state index in [1.807, 2.05) is 13.8 Å². The zero-order chi connectivity index (χ0) is 8.72. The van der Waals surface area contributed by atoms with Crippen molar-refractivity contribution < 1.29 is 4.79 Å².